The molecule has 0 heterocycles. The summed E-state index contributed by atoms with van der Waals surface area (Å²) in [4.78, 5) is 5.10. The molecule has 0 spiro atoms. The van der Waals surface area contributed by atoms with Crippen LogP contribution in [-0.2, 0) is 4.89 Å². The monoisotopic (exact) mass is 380 g/mol. The zero-order valence-electron chi connectivity index (χ0n) is 18.5. The second kappa shape index (κ2) is 14.0. The second-order valence-corrected chi connectivity index (χ2v) is 9.83. The van der Waals surface area contributed by atoms with Gasteiger partial charge in [-0.05, 0) is 49.4 Å². The Labute approximate surface area is 169 Å². The summed E-state index contributed by atoms with van der Waals surface area (Å²) in [5, 5.41) is 9.63. The van der Waals surface area contributed by atoms with Crippen molar-refractivity contribution in [2.45, 2.75) is 136 Å². The van der Waals surface area contributed by atoms with Gasteiger partial charge in [-0.15, -0.1) is 0 Å². The van der Waals surface area contributed by atoms with Crippen LogP contribution in [0.3, 0.4) is 0 Å². The highest BCUT2D eigenvalue weighted by Crippen LogP contribution is 2.41. The zero-order valence-corrected chi connectivity index (χ0v) is 18.5. The molecule has 0 bridgehead atoms. The van der Waals surface area contributed by atoms with Crippen molar-refractivity contribution in [1.82, 2.24) is 0 Å². The Hall–Kier alpha value is -0.0800. The lowest BCUT2D eigenvalue weighted by Crippen LogP contribution is -2.36. The lowest BCUT2D eigenvalue weighted by atomic mass is 9.70. The zero-order chi connectivity index (χ0) is 19.3. The van der Waals surface area contributed by atoms with Crippen LogP contribution in [0.5, 0.6) is 0 Å². The maximum Gasteiger partial charge on any atom is 0.0983 e. The van der Waals surface area contributed by atoms with Crippen LogP contribution in [0.15, 0.2) is 0 Å². The van der Waals surface area contributed by atoms with E-state index in [2.05, 4.69) is 13.8 Å². The average Bonchev–Trinajstić information content (AvgIpc) is 2.70. The van der Waals surface area contributed by atoms with E-state index in [-0.39, 0.29) is 6.10 Å². The van der Waals surface area contributed by atoms with Crippen molar-refractivity contribution < 1.29 is 10.1 Å². The van der Waals surface area contributed by atoms with Gasteiger partial charge in [-0.3, -0.25) is 5.26 Å². The lowest BCUT2D eigenvalue weighted by Gasteiger charge is -2.39. The molecule has 0 radical (unpaired) electrons. The molecule has 1 atom stereocenters. The third-order valence-electron chi connectivity index (χ3n) is 7.75. The highest BCUT2D eigenvalue weighted by Gasteiger charge is 2.35. The van der Waals surface area contributed by atoms with Crippen molar-refractivity contribution in [3.05, 3.63) is 0 Å². The second-order valence-electron chi connectivity index (χ2n) is 9.83. The lowest BCUT2D eigenvalue weighted by molar-refractivity contribution is -0.307. The normalized spacial score (nSPS) is 30.3. The van der Waals surface area contributed by atoms with Crippen LogP contribution in [0.25, 0.3) is 0 Å². The minimum atomic E-state index is 0.118. The molecule has 2 saturated carbocycles. The van der Waals surface area contributed by atoms with Gasteiger partial charge in [0.05, 0.1) is 6.10 Å². The maximum atomic E-state index is 9.63. The quantitative estimate of drug-likeness (QED) is 0.197. The van der Waals surface area contributed by atoms with Crippen LogP contribution >= 0.6 is 0 Å². The number of hydrogen-bond acceptors (Lipinski definition) is 2. The van der Waals surface area contributed by atoms with E-state index in [0.29, 0.717) is 11.8 Å². The van der Waals surface area contributed by atoms with Gasteiger partial charge in [0.15, 0.2) is 0 Å². The highest BCUT2D eigenvalue weighted by molar-refractivity contribution is 4.85. The summed E-state index contributed by atoms with van der Waals surface area (Å²) in [6.45, 7) is 4.59. The minimum absolute atomic E-state index is 0.118. The molecule has 2 aliphatic rings. The predicted molar refractivity (Wildman–Crippen MR) is 116 cm³/mol. The predicted octanol–water partition coefficient (Wildman–Crippen LogP) is 8.40. The van der Waals surface area contributed by atoms with Gasteiger partial charge in [-0.25, -0.2) is 4.89 Å². The van der Waals surface area contributed by atoms with Crippen LogP contribution in [0, 0.1) is 23.7 Å². The Morgan fingerprint density at radius 3 is 1.59 bits per heavy atom. The first-order valence-electron chi connectivity index (χ1n) is 12.6. The van der Waals surface area contributed by atoms with Crippen LogP contribution < -0.4 is 0 Å². The van der Waals surface area contributed by atoms with Crippen molar-refractivity contribution in [1.29, 1.82) is 0 Å². The fourth-order valence-electron chi connectivity index (χ4n) is 5.97. The molecule has 27 heavy (non-hydrogen) atoms. The molecule has 160 valence electrons. The summed E-state index contributed by atoms with van der Waals surface area (Å²) < 4.78 is 0. The van der Waals surface area contributed by atoms with Crippen molar-refractivity contribution in [3.63, 3.8) is 0 Å². The highest BCUT2D eigenvalue weighted by atomic mass is 17.1. The molecule has 1 N–H and O–H groups in total. The molecule has 0 aromatic carbocycles. The molecule has 0 aromatic heterocycles. The van der Waals surface area contributed by atoms with Gasteiger partial charge in [-0.1, -0.05) is 104 Å². The summed E-state index contributed by atoms with van der Waals surface area (Å²) in [6.07, 6.45) is 24.8. The molecular formula is C25H48O2. The van der Waals surface area contributed by atoms with Crippen molar-refractivity contribution in [2.24, 2.45) is 23.7 Å². The van der Waals surface area contributed by atoms with Crippen LogP contribution in [-0.4, -0.2) is 11.4 Å². The van der Waals surface area contributed by atoms with Gasteiger partial charge in [0.1, 0.15) is 0 Å². The molecule has 2 rings (SSSR count). The molecule has 0 amide bonds. The van der Waals surface area contributed by atoms with E-state index in [1.54, 1.807) is 0 Å². The van der Waals surface area contributed by atoms with E-state index in [1.807, 2.05) is 0 Å². The third kappa shape index (κ3) is 8.44. The molecule has 2 heteroatoms. The smallest absolute Gasteiger partial charge is 0.0983 e. The average molecular weight is 381 g/mol. The Morgan fingerprint density at radius 2 is 1.11 bits per heavy atom. The molecular weight excluding hydrogens is 332 g/mol. The number of hydrogen-bond donors (Lipinski definition) is 1. The molecule has 0 aromatic rings. The van der Waals surface area contributed by atoms with Gasteiger partial charge in [0.2, 0.25) is 0 Å². The molecule has 1 unspecified atom stereocenters. The summed E-state index contributed by atoms with van der Waals surface area (Å²) in [6, 6.07) is 0. The van der Waals surface area contributed by atoms with E-state index in [1.165, 1.54) is 116 Å². The first-order chi connectivity index (χ1) is 13.3. The fraction of sp³-hybridized carbons (Fsp3) is 1.00. The number of unbranched alkanes of at least 4 members (excludes halogenated alkanes) is 6. The summed E-state index contributed by atoms with van der Waals surface area (Å²) >= 11 is 0. The Kier molecular flexibility index (Phi) is 12.0. The van der Waals surface area contributed by atoms with Crippen molar-refractivity contribution >= 4 is 0 Å². The maximum absolute atomic E-state index is 9.63. The van der Waals surface area contributed by atoms with E-state index >= 15 is 0 Å². The molecule has 2 fully saturated rings. The minimum Gasteiger partial charge on any atom is -0.252 e. The van der Waals surface area contributed by atoms with Gasteiger partial charge < -0.3 is 0 Å². The fourth-order valence-corrected chi connectivity index (χ4v) is 5.97. The molecule has 2 aliphatic carbocycles. The molecule has 0 saturated heterocycles. The van der Waals surface area contributed by atoms with Gasteiger partial charge in [0, 0.05) is 0 Å². The van der Waals surface area contributed by atoms with Crippen molar-refractivity contribution in [3.8, 4) is 0 Å². The standard InChI is InChI=1S/C25H48O2/c1-3-5-6-7-8-9-10-12-22-15-19-24(20-16-22)25(27-26)23-17-13-21(11-4-2)14-18-23/h21-26H,3-20H2,1-2H3. The Morgan fingerprint density at radius 1 is 0.630 bits per heavy atom. The SMILES string of the molecule is CCCCCCCCCC1CCC(C(OO)C2CCC(CCC)CC2)CC1. The first-order valence-corrected chi connectivity index (χ1v) is 12.6. The number of rotatable bonds is 13. The van der Waals surface area contributed by atoms with Crippen LogP contribution in [0.2, 0.25) is 0 Å². The molecule has 0 aliphatic heterocycles. The summed E-state index contributed by atoms with van der Waals surface area (Å²) in [7, 11) is 0. The van der Waals surface area contributed by atoms with E-state index in [4.69, 9.17) is 4.89 Å². The first kappa shape index (κ1) is 23.2. The van der Waals surface area contributed by atoms with Crippen LogP contribution in [0.4, 0.5) is 0 Å². The Balaban J connectivity index is 1.59. The van der Waals surface area contributed by atoms with Gasteiger partial charge >= 0.3 is 0 Å². The topological polar surface area (TPSA) is 29.5 Å². The summed E-state index contributed by atoms with van der Waals surface area (Å²) in [5.41, 5.74) is 0. The van der Waals surface area contributed by atoms with E-state index in [0.717, 1.165) is 11.8 Å². The largest absolute Gasteiger partial charge is 0.252 e. The van der Waals surface area contributed by atoms with Crippen LogP contribution in [0.1, 0.15) is 129 Å². The molecule has 2 nitrogen and oxygen atoms in total. The van der Waals surface area contributed by atoms with E-state index < -0.39 is 0 Å². The Bertz CT molecular complexity index is 340. The third-order valence-corrected chi connectivity index (χ3v) is 7.75. The van der Waals surface area contributed by atoms with Gasteiger partial charge in [-0.2, -0.15) is 0 Å². The van der Waals surface area contributed by atoms with Crippen molar-refractivity contribution in [2.75, 3.05) is 0 Å². The van der Waals surface area contributed by atoms with Gasteiger partial charge in [0.25, 0.3) is 0 Å². The van der Waals surface area contributed by atoms with E-state index in [9.17, 15) is 5.26 Å². The summed E-state index contributed by atoms with van der Waals surface area (Å²) in [5.74, 6) is 3.08.